The molecule has 5 nitrogen and oxygen atoms in total. The Bertz CT molecular complexity index is 291. The molecule has 0 aromatic rings. The number of nitrogens with zero attached hydrogens (tertiary/aromatic N) is 1. The summed E-state index contributed by atoms with van der Waals surface area (Å²) in [7, 11) is 0. The van der Waals surface area contributed by atoms with Gasteiger partial charge in [-0.1, -0.05) is 0 Å². The van der Waals surface area contributed by atoms with Gasteiger partial charge in [0.25, 0.3) is 0 Å². The summed E-state index contributed by atoms with van der Waals surface area (Å²) in [5, 5.41) is 2.84. The van der Waals surface area contributed by atoms with E-state index in [4.69, 9.17) is 4.74 Å². The van der Waals surface area contributed by atoms with Gasteiger partial charge in [0.1, 0.15) is 5.60 Å². The van der Waals surface area contributed by atoms with E-state index in [1.165, 1.54) is 6.42 Å². The Kier molecular flexibility index (Phi) is 5.59. The van der Waals surface area contributed by atoms with E-state index in [2.05, 4.69) is 5.32 Å². The van der Waals surface area contributed by atoms with Crippen molar-refractivity contribution in [3.63, 3.8) is 0 Å². The summed E-state index contributed by atoms with van der Waals surface area (Å²) in [6, 6.07) is 0. The maximum Gasteiger partial charge on any atom is 0.320 e. The highest BCUT2D eigenvalue weighted by Crippen LogP contribution is 2.08. The van der Waals surface area contributed by atoms with Crippen LogP contribution in [0.1, 0.15) is 40.0 Å². The Hall–Kier alpha value is -1.10. The fourth-order valence-electron chi connectivity index (χ4n) is 1.90. The van der Waals surface area contributed by atoms with Crippen molar-refractivity contribution in [1.29, 1.82) is 0 Å². The summed E-state index contributed by atoms with van der Waals surface area (Å²) in [6.07, 6.45) is 3.37. The Morgan fingerprint density at radius 3 is 2.28 bits per heavy atom. The molecule has 0 aromatic heterocycles. The molecule has 0 atom stereocenters. The topological polar surface area (TPSA) is 58.6 Å². The molecule has 1 aliphatic heterocycles. The first-order valence-corrected chi connectivity index (χ1v) is 6.59. The molecule has 0 aromatic carbocycles. The molecule has 1 rings (SSSR count). The zero-order chi connectivity index (χ0) is 13.6. The van der Waals surface area contributed by atoms with Crippen molar-refractivity contribution in [2.24, 2.45) is 0 Å². The maximum absolute atomic E-state index is 11.8. The van der Waals surface area contributed by atoms with Crippen molar-refractivity contribution in [1.82, 2.24) is 10.2 Å². The number of piperidine rings is 1. The normalized spacial score (nSPS) is 16.5. The number of rotatable bonds is 4. The van der Waals surface area contributed by atoms with Crippen molar-refractivity contribution in [3.05, 3.63) is 0 Å². The molecule has 1 saturated heterocycles. The monoisotopic (exact) mass is 256 g/mol. The summed E-state index contributed by atoms with van der Waals surface area (Å²) >= 11 is 0. The lowest BCUT2D eigenvalue weighted by molar-refractivity contribution is -0.153. The van der Waals surface area contributed by atoms with E-state index in [1.54, 1.807) is 0 Å². The summed E-state index contributed by atoms with van der Waals surface area (Å²) in [6.45, 7) is 7.44. The van der Waals surface area contributed by atoms with E-state index >= 15 is 0 Å². The smallest absolute Gasteiger partial charge is 0.320 e. The summed E-state index contributed by atoms with van der Waals surface area (Å²) in [4.78, 5) is 25.0. The minimum absolute atomic E-state index is 0.0678. The fraction of sp³-hybridized carbons (Fsp3) is 0.846. The van der Waals surface area contributed by atoms with Crippen LogP contribution in [-0.2, 0) is 14.3 Å². The summed E-state index contributed by atoms with van der Waals surface area (Å²) in [5.41, 5.74) is -0.477. The van der Waals surface area contributed by atoms with Gasteiger partial charge >= 0.3 is 5.97 Å². The molecule has 1 heterocycles. The zero-order valence-corrected chi connectivity index (χ0v) is 11.6. The minimum atomic E-state index is -0.477. The second kappa shape index (κ2) is 6.73. The molecule has 104 valence electrons. The van der Waals surface area contributed by atoms with E-state index in [0.717, 1.165) is 25.9 Å². The van der Waals surface area contributed by atoms with Crippen molar-refractivity contribution in [2.75, 3.05) is 26.2 Å². The first-order valence-electron chi connectivity index (χ1n) is 6.59. The van der Waals surface area contributed by atoms with Gasteiger partial charge < -0.3 is 9.64 Å². The molecule has 1 aliphatic rings. The minimum Gasteiger partial charge on any atom is -0.459 e. The molecule has 0 bridgehead atoms. The van der Waals surface area contributed by atoms with Crippen LogP contribution in [0.25, 0.3) is 0 Å². The first kappa shape index (κ1) is 15.0. The standard InChI is InChI=1S/C13H24N2O3/c1-13(2,3)18-12(17)10-14-9-11(16)15-7-5-4-6-8-15/h14H,4-10H2,1-3H3. The number of ether oxygens (including phenoxy) is 1. The molecular weight excluding hydrogens is 232 g/mol. The van der Waals surface area contributed by atoms with Gasteiger partial charge in [0.15, 0.2) is 0 Å². The Labute approximate surface area is 109 Å². The Morgan fingerprint density at radius 1 is 1.11 bits per heavy atom. The summed E-state index contributed by atoms with van der Waals surface area (Å²) < 4.78 is 5.14. The number of carbonyl (C=O) groups is 2. The zero-order valence-electron chi connectivity index (χ0n) is 11.6. The average Bonchev–Trinajstić information content (AvgIpc) is 2.27. The molecule has 0 saturated carbocycles. The molecule has 1 amide bonds. The van der Waals surface area contributed by atoms with E-state index in [9.17, 15) is 9.59 Å². The third-order valence-electron chi connectivity index (χ3n) is 2.67. The van der Waals surface area contributed by atoms with Crippen LogP contribution in [0.5, 0.6) is 0 Å². The van der Waals surface area contributed by atoms with Crippen LogP contribution >= 0.6 is 0 Å². The molecule has 1 N–H and O–H groups in total. The second-order valence-corrected chi connectivity index (χ2v) is 5.63. The highest BCUT2D eigenvalue weighted by atomic mass is 16.6. The molecule has 0 radical (unpaired) electrons. The van der Waals surface area contributed by atoms with Gasteiger partial charge in [0.05, 0.1) is 13.1 Å². The predicted molar refractivity (Wildman–Crippen MR) is 69.1 cm³/mol. The van der Waals surface area contributed by atoms with Gasteiger partial charge in [-0.3, -0.25) is 14.9 Å². The van der Waals surface area contributed by atoms with Gasteiger partial charge in [-0.15, -0.1) is 0 Å². The molecule has 1 fully saturated rings. The number of esters is 1. The van der Waals surface area contributed by atoms with Gasteiger partial charge in [-0.25, -0.2) is 0 Å². The molecule has 0 unspecified atom stereocenters. The van der Waals surface area contributed by atoms with Crippen molar-refractivity contribution >= 4 is 11.9 Å². The number of carbonyl (C=O) groups excluding carboxylic acids is 2. The molecule has 0 spiro atoms. The van der Waals surface area contributed by atoms with Crippen LogP contribution in [0.4, 0.5) is 0 Å². The van der Waals surface area contributed by atoms with Gasteiger partial charge in [0.2, 0.25) is 5.91 Å². The average molecular weight is 256 g/mol. The fourth-order valence-corrected chi connectivity index (χ4v) is 1.90. The lowest BCUT2D eigenvalue weighted by atomic mass is 10.1. The quantitative estimate of drug-likeness (QED) is 0.760. The number of hydrogen-bond acceptors (Lipinski definition) is 4. The second-order valence-electron chi connectivity index (χ2n) is 5.63. The van der Waals surface area contributed by atoms with E-state index < -0.39 is 5.60 Å². The molecular formula is C13H24N2O3. The van der Waals surface area contributed by atoms with Crippen molar-refractivity contribution in [2.45, 2.75) is 45.6 Å². The van der Waals surface area contributed by atoms with Crippen LogP contribution in [0.3, 0.4) is 0 Å². The van der Waals surface area contributed by atoms with Crippen LogP contribution in [0, 0.1) is 0 Å². The van der Waals surface area contributed by atoms with Gasteiger partial charge in [-0.05, 0) is 40.0 Å². The summed E-state index contributed by atoms with van der Waals surface area (Å²) in [5.74, 6) is -0.257. The van der Waals surface area contributed by atoms with Crippen LogP contribution < -0.4 is 5.32 Å². The van der Waals surface area contributed by atoms with Crippen LogP contribution in [-0.4, -0.2) is 48.6 Å². The number of likely N-dealkylation sites (tertiary alicyclic amines) is 1. The SMILES string of the molecule is CC(C)(C)OC(=O)CNCC(=O)N1CCCCC1. The highest BCUT2D eigenvalue weighted by Gasteiger charge is 2.18. The van der Waals surface area contributed by atoms with Gasteiger partial charge in [-0.2, -0.15) is 0 Å². The first-order chi connectivity index (χ1) is 8.38. The third kappa shape index (κ3) is 6.00. The largest absolute Gasteiger partial charge is 0.459 e. The Balaban J connectivity index is 2.17. The number of hydrogen-bond donors (Lipinski definition) is 1. The lowest BCUT2D eigenvalue weighted by Crippen LogP contribution is -2.42. The van der Waals surface area contributed by atoms with Crippen LogP contribution in [0.2, 0.25) is 0 Å². The van der Waals surface area contributed by atoms with E-state index in [1.807, 2.05) is 25.7 Å². The molecule has 0 aliphatic carbocycles. The highest BCUT2D eigenvalue weighted by molar-refractivity contribution is 5.79. The van der Waals surface area contributed by atoms with Gasteiger partial charge in [0, 0.05) is 13.1 Å². The third-order valence-corrected chi connectivity index (χ3v) is 2.67. The van der Waals surface area contributed by atoms with Crippen molar-refractivity contribution in [3.8, 4) is 0 Å². The number of amides is 1. The molecule has 5 heteroatoms. The maximum atomic E-state index is 11.8. The Morgan fingerprint density at radius 2 is 1.72 bits per heavy atom. The van der Waals surface area contributed by atoms with Crippen LogP contribution in [0.15, 0.2) is 0 Å². The predicted octanol–water partition coefficient (Wildman–Crippen LogP) is 0.930. The molecule has 18 heavy (non-hydrogen) atoms. The van der Waals surface area contributed by atoms with E-state index in [0.29, 0.717) is 0 Å². The van der Waals surface area contributed by atoms with E-state index in [-0.39, 0.29) is 25.0 Å². The number of nitrogens with one attached hydrogen (secondary N) is 1. The lowest BCUT2D eigenvalue weighted by Gasteiger charge is -2.26. The van der Waals surface area contributed by atoms with Crippen molar-refractivity contribution < 1.29 is 14.3 Å².